The van der Waals surface area contributed by atoms with Gasteiger partial charge in [0.05, 0.1) is 6.61 Å². The van der Waals surface area contributed by atoms with Gasteiger partial charge in [-0.25, -0.2) is 0 Å². The lowest BCUT2D eigenvalue weighted by molar-refractivity contribution is -0.0283. The number of piperidine rings is 2. The molecule has 0 amide bonds. The van der Waals surface area contributed by atoms with E-state index in [0.717, 1.165) is 43.6 Å². The van der Waals surface area contributed by atoms with Crippen molar-refractivity contribution in [1.82, 2.24) is 9.88 Å². The van der Waals surface area contributed by atoms with E-state index in [9.17, 15) is 5.11 Å². The number of oxazole rings is 1. The molecular weight excluding hydrogens is 278 g/mol. The van der Waals surface area contributed by atoms with Crippen molar-refractivity contribution in [3.63, 3.8) is 0 Å². The van der Waals surface area contributed by atoms with Gasteiger partial charge in [0.2, 0.25) is 0 Å². The number of likely N-dealkylation sites (N-methyl/N-ethyl adjacent to an activating group) is 1. The molecule has 4 rings (SSSR count). The fourth-order valence-corrected chi connectivity index (χ4v) is 4.19. The number of aliphatic hydroxyl groups is 1. The van der Waals surface area contributed by atoms with Gasteiger partial charge < -0.3 is 19.3 Å². The smallest absolute Gasteiger partial charge is 0.298 e. The molecule has 2 aromatic rings. The first-order valence-electron chi connectivity index (χ1n) is 8.13. The van der Waals surface area contributed by atoms with Crippen molar-refractivity contribution in [3.8, 4) is 0 Å². The molecule has 22 heavy (non-hydrogen) atoms. The fraction of sp³-hybridized carbons (Fsp3) is 0.588. The van der Waals surface area contributed by atoms with Gasteiger partial charge in [0.1, 0.15) is 5.52 Å². The summed E-state index contributed by atoms with van der Waals surface area (Å²) in [5, 5.41) is 9.98. The Morgan fingerprint density at radius 2 is 2.18 bits per heavy atom. The highest BCUT2D eigenvalue weighted by atomic mass is 16.4. The first kappa shape index (κ1) is 14.0. The van der Waals surface area contributed by atoms with Crippen LogP contribution in [0.15, 0.2) is 28.7 Å². The third-order valence-electron chi connectivity index (χ3n) is 5.57. The van der Waals surface area contributed by atoms with Crippen molar-refractivity contribution >= 4 is 17.1 Å². The van der Waals surface area contributed by atoms with Crippen LogP contribution in [0.4, 0.5) is 6.01 Å². The Balaban J connectivity index is 1.62. The van der Waals surface area contributed by atoms with Crippen LogP contribution in [-0.4, -0.2) is 54.3 Å². The zero-order valence-electron chi connectivity index (χ0n) is 13.0. The van der Waals surface area contributed by atoms with Crippen LogP contribution in [0.5, 0.6) is 0 Å². The van der Waals surface area contributed by atoms with Crippen molar-refractivity contribution in [2.45, 2.75) is 25.3 Å². The van der Waals surface area contributed by atoms with Crippen molar-refractivity contribution in [2.24, 2.45) is 5.41 Å². The molecule has 3 heterocycles. The number of para-hydroxylation sites is 2. The van der Waals surface area contributed by atoms with Gasteiger partial charge in [0.25, 0.3) is 6.01 Å². The van der Waals surface area contributed by atoms with E-state index in [1.54, 1.807) is 0 Å². The van der Waals surface area contributed by atoms with Crippen LogP contribution in [0.1, 0.15) is 19.3 Å². The van der Waals surface area contributed by atoms with Crippen LogP contribution in [-0.2, 0) is 0 Å². The Hall–Kier alpha value is -1.59. The molecule has 2 fully saturated rings. The molecule has 0 unspecified atom stereocenters. The Morgan fingerprint density at radius 1 is 1.32 bits per heavy atom. The average Bonchev–Trinajstić information content (AvgIpc) is 2.99. The number of anilines is 1. The van der Waals surface area contributed by atoms with E-state index < -0.39 is 0 Å². The highest BCUT2D eigenvalue weighted by Crippen LogP contribution is 2.42. The second-order valence-corrected chi connectivity index (χ2v) is 6.78. The number of fused-ring (bicyclic) bond motifs is 2. The highest BCUT2D eigenvalue weighted by Gasteiger charge is 2.47. The normalized spacial score (nSPS) is 29.7. The number of nitrogens with zero attached hydrogens (tertiary/aromatic N) is 3. The number of aromatic nitrogens is 1. The van der Waals surface area contributed by atoms with E-state index in [0.29, 0.717) is 12.1 Å². The predicted molar refractivity (Wildman–Crippen MR) is 86.0 cm³/mol. The molecule has 2 aliphatic heterocycles. The molecule has 5 nitrogen and oxygen atoms in total. The second-order valence-electron chi connectivity index (χ2n) is 6.78. The maximum absolute atomic E-state index is 9.98. The second kappa shape index (κ2) is 5.25. The van der Waals surface area contributed by atoms with E-state index in [2.05, 4.69) is 21.8 Å². The van der Waals surface area contributed by atoms with Gasteiger partial charge in [-0.2, -0.15) is 4.98 Å². The molecule has 0 saturated carbocycles. The van der Waals surface area contributed by atoms with Gasteiger partial charge in [0, 0.05) is 24.5 Å². The summed E-state index contributed by atoms with van der Waals surface area (Å²) in [5.41, 5.74) is 1.80. The minimum Gasteiger partial charge on any atom is -0.423 e. The first-order valence-corrected chi connectivity index (χ1v) is 8.13. The zero-order valence-corrected chi connectivity index (χ0v) is 13.0. The summed E-state index contributed by atoms with van der Waals surface area (Å²) in [4.78, 5) is 9.26. The van der Waals surface area contributed by atoms with Gasteiger partial charge >= 0.3 is 0 Å². The van der Waals surface area contributed by atoms with Gasteiger partial charge in [-0.15, -0.1) is 0 Å². The van der Waals surface area contributed by atoms with E-state index in [-0.39, 0.29) is 12.0 Å². The lowest BCUT2D eigenvalue weighted by Gasteiger charge is -2.53. The van der Waals surface area contributed by atoms with Crippen LogP contribution < -0.4 is 4.90 Å². The quantitative estimate of drug-likeness (QED) is 0.921. The van der Waals surface area contributed by atoms with Gasteiger partial charge in [-0.3, -0.25) is 0 Å². The van der Waals surface area contributed by atoms with Crippen LogP contribution in [0.3, 0.4) is 0 Å². The maximum Gasteiger partial charge on any atom is 0.298 e. The molecule has 118 valence electrons. The molecular formula is C17H23N3O2. The van der Waals surface area contributed by atoms with Crippen LogP contribution >= 0.6 is 0 Å². The molecule has 5 heteroatoms. The number of aliphatic hydroxyl groups excluding tert-OH is 1. The lowest BCUT2D eigenvalue weighted by Crippen LogP contribution is -2.61. The van der Waals surface area contributed by atoms with Crippen LogP contribution in [0.2, 0.25) is 0 Å². The van der Waals surface area contributed by atoms with Gasteiger partial charge in [-0.1, -0.05) is 12.1 Å². The monoisotopic (exact) mass is 301 g/mol. The van der Waals surface area contributed by atoms with E-state index in [4.69, 9.17) is 4.42 Å². The standard InChI is InChI=1S/C17H23N3O2/c1-19-9-4-7-17(12-21)8-10-20(11-15(17)19)16-18-13-5-2-3-6-14(13)22-16/h2-3,5-6,15,21H,4,7-12H2,1H3/t15-,17-/m1/s1. The summed E-state index contributed by atoms with van der Waals surface area (Å²) in [6.07, 6.45) is 3.30. The third kappa shape index (κ3) is 2.11. The molecule has 0 spiro atoms. The Bertz CT molecular complexity index is 638. The minimum atomic E-state index is 0.0511. The van der Waals surface area contributed by atoms with E-state index in [1.165, 1.54) is 6.42 Å². The average molecular weight is 301 g/mol. The number of likely N-dealkylation sites (tertiary alicyclic amines) is 1. The largest absolute Gasteiger partial charge is 0.423 e. The summed E-state index contributed by atoms with van der Waals surface area (Å²) < 4.78 is 5.92. The minimum absolute atomic E-state index is 0.0511. The molecule has 0 radical (unpaired) electrons. The molecule has 1 aromatic heterocycles. The van der Waals surface area contributed by atoms with E-state index >= 15 is 0 Å². The number of hydrogen-bond acceptors (Lipinski definition) is 5. The summed E-state index contributed by atoms with van der Waals surface area (Å²) in [6.45, 7) is 3.17. The lowest BCUT2D eigenvalue weighted by atomic mass is 9.69. The third-order valence-corrected chi connectivity index (χ3v) is 5.57. The summed E-state index contributed by atoms with van der Waals surface area (Å²) >= 11 is 0. The number of benzene rings is 1. The molecule has 2 saturated heterocycles. The first-order chi connectivity index (χ1) is 10.7. The Labute approximate surface area is 130 Å². The van der Waals surface area contributed by atoms with Crippen molar-refractivity contribution in [3.05, 3.63) is 24.3 Å². The SMILES string of the molecule is CN1CCC[C@]2(CO)CCN(c3nc4ccccc4o3)C[C@@H]12. The van der Waals surface area contributed by atoms with Gasteiger partial charge in [-0.05, 0) is 45.0 Å². The number of hydrogen-bond donors (Lipinski definition) is 1. The van der Waals surface area contributed by atoms with Crippen LogP contribution in [0, 0.1) is 5.41 Å². The van der Waals surface area contributed by atoms with Crippen LogP contribution in [0.25, 0.3) is 11.1 Å². The highest BCUT2D eigenvalue weighted by molar-refractivity contribution is 5.74. The molecule has 0 bridgehead atoms. The molecule has 2 aliphatic rings. The van der Waals surface area contributed by atoms with Crippen molar-refractivity contribution in [2.75, 3.05) is 38.2 Å². The van der Waals surface area contributed by atoms with Gasteiger partial charge in [0.15, 0.2) is 5.58 Å². The van der Waals surface area contributed by atoms with Crippen molar-refractivity contribution < 1.29 is 9.52 Å². The maximum atomic E-state index is 9.98. The summed E-state index contributed by atoms with van der Waals surface area (Å²) in [7, 11) is 2.17. The van der Waals surface area contributed by atoms with E-state index in [1.807, 2.05) is 24.3 Å². The number of rotatable bonds is 2. The Kier molecular flexibility index (Phi) is 3.35. The Morgan fingerprint density at radius 3 is 3.00 bits per heavy atom. The van der Waals surface area contributed by atoms with Crippen molar-refractivity contribution in [1.29, 1.82) is 0 Å². The zero-order chi connectivity index (χ0) is 15.2. The molecule has 2 atom stereocenters. The summed E-state index contributed by atoms with van der Waals surface area (Å²) in [6, 6.07) is 8.98. The molecule has 1 aromatic carbocycles. The molecule has 1 N–H and O–H groups in total. The topological polar surface area (TPSA) is 52.7 Å². The predicted octanol–water partition coefficient (Wildman–Crippen LogP) is 2.11. The summed E-state index contributed by atoms with van der Waals surface area (Å²) in [5.74, 6) is 0. The molecule has 0 aliphatic carbocycles. The fourth-order valence-electron chi connectivity index (χ4n) is 4.19.